The number of carbonyl (C=O) groups is 1. The molecule has 0 spiro atoms. The van der Waals surface area contributed by atoms with Crippen molar-refractivity contribution in [3.8, 4) is 11.4 Å². The van der Waals surface area contributed by atoms with Gasteiger partial charge in [0.1, 0.15) is 10.8 Å². The summed E-state index contributed by atoms with van der Waals surface area (Å²) in [5, 5.41) is 15.6. The second-order valence-corrected chi connectivity index (χ2v) is 8.00. The summed E-state index contributed by atoms with van der Waals surface area (Å²) < 4.78 is 7.65. The maximum Gasteiger partial charge on any atom is 0.283 e. The zero-order valence-corrected chi connectivity index (χ0v) is 18.2. The van der Waals surface area contributed by atoms with Gasteiger partial charge in [-0.05, 0) is 80.9 Å². The van der Waals surface area contributed by atoms with E-state index in [2.05, 4.69) is 14.7 Å². The molecule has 2 aromatic rings. The second-order valence-electron chi connectivity index (χ2n) is 6.96. The minimum atomic E-state index is -0.405. The number of nitrogens with zero attached hydrogens (tertiary/aromatic N) is 4. The van der Waals surface area contributed by atoms with Crippen LogP contribution in [0.25, 0.3) is 11.8 Å². The van der Waals surface area contributed by atoms with Crippen LogP contribution in [-0.4, -0.2) is 38.1 Å². The standard InChI is InChI=1S/C22H23N5O2S/c1-5-19-25-27-20(23)18(21(28)24-22(27)30-19)12-15-11-13(3)26(14(15)4)16-7-9-17(10-8-16)29-6-2/h7-12,23H,5-6H2,1-4H3/b18-12-,23-20?. The highest BCUT2D eigenvalue weighted by Gasteiger charge is 2.35. The molecule has 4 rings (SSSR count). The molecule has 1 aromatic heterocycles. The van der Waals surface area contributed by atoms with E-state index in [1.54, 1.807) is 6.08 Å². The van der Waals surface area contributed by atoms with Crippen LogP contribution in [-0.2, 0) is 4.79 Å². The summed E-state index contributed by atoms with van der Waals surface area (Å²) in [7, 11) is 0. The van der Waals surface area contributed by atoms with Gasteiger partial charge in [0.15, 0.2) is 5.84 Å². The Morgan fingerprint density at radius 1 is 1.20 bits per heavy atom. The van der Waals surface area contributed by atoms with E-state index in [4.69, 9.17) is 10.1 Å². The molecule has 3 heterocycles. The Morgan fingerprint density at radius 2 is 1.93 bits per heavy atom. The van der Waals surface area contributed by atoms with Crippen LogP contribution in [0.2, 0.25) is 0 Å². The van der Waals surface area contributed by atoms with Gasteiger partial charge in [0, 0.05) is 17.1 Å². The topological polar surface area (TPSA) is 83.0 Å². The number of nitrogens with one attached hydrogen (secondary N) is 1. The van der Waals surface area contributed by atoms with Crippen LogP contribution in [0.1, 0.15) is 37.2 Å². The number of aryl methyl sites for hydroxylation is 1. The van der Waals surface area contributed by atoms with Crippen LogP contribution >= 0.6 is 11.8 Å². The first kappa shape index (κ1) is 20.2. The number of amidine groups is 2. The number of hydrogen-bond donors (Lipinski definition) is 1. The van der Waals surface area contributed by atoms with E-state index in [9.17, 15) is 4.79 Å². The van der Waals surface area contributed by atoms with Crippen LogP contribution in [0.15, 0.2) is 46.0 Å². The zero-order valence-electron chi connectivity index (χ0n) is 17.4. The summed E-state index contributed by atoms with van der Waals surface area (Å²) in [6.07, 6.45) is 2.48. The van der Waals surface area contributed by atoms with Crippen molar-refractivity contribution in [1.82, 2.24) is 9.58 Å². The first-order valence-electron chi connectivity index (χ1n) is 9.84. The van der Waals surface area contributed by atoms with Crippen LogP contribution < -0.4 is 4.74 Å². The molecule has 1 aromatic carbocycles. The number of aromatic nitrogens is 1. The number of aliphatic imine (C=N–C) groups is 1. The zero-order chi connectivity index (χ0) is 21.4. The highest BCUT2D eigenvalue weighted by atomic mass is 32.2. The van der Waals surface area contributed by atoms with Gasteiger partial charge in [-0.3, -0.25) is 10.2 Å². The third kappa shape index (κ3) is 3.47. The average Bonchev–Trinajstić information content (AvgIpc) is 3.26. The summed E-state index contributed by atoms with van der Waals surface area (Å²) in [5.74, 6) is 0.487. The van der Waals surface area contributed by atoms with E-state index < -0.39 is 5.91 Å². The molecule has 0 fully saturated rings. The lowest BCUT2D eigenvalue weighted by atomic mass is 10.1. The quantitative estimate of drug-likeness (QED) is 0.720. The number of benzene rings is 1. The number of carbonyl (C=O) groups excluding carboxylic acids is 1. The van der Waals surface area contributed by atoms with Crippen LogP contribution in [0.5, 0.6) is 5.75 Å². The highest BCUT2D eigenvalue weighted by Crippen LogP contribution is 2.30. The maximum absolute atomic E-state index is 12.6. The van der Waals surface area contributed by atoms with Gasteiger partial charge in [0.25, 0.3) is 5.91 Å². The molecule has 1 N–H and O–H groups in total. The lowest BCUT2D eigenvalue weighted by Gasteiger charge is -2.20. The summed E-state index contributed by atoms with van der Waals surface area (Å²) in [6, 6.07) is 9.92. The molecule has 0 unspecified atom stereocenters. The number of rotatable bonds is 5. The number of fused-ring (bicyclic) bond motifs is 1. The first-order chi connectivity index (χ1) is 14.4. The maximum atomic E-state index is 12.6. The molecule has 0 bridgehead atoms. The third-order valence-corrected chi connectivity index (χ3v) is 6.03. The van der Waals surface area contributed by atoms with Crippen molar-refractivity contribution in [2.24, 2.45) is 10.1 Å². The average molecular weight is 422 g/mol. The van der Waals surface area contributed by atoms with Crippen LogP contribution in [0.4, 0.5) is 0 Å². The summed E-state index contributed by atoms with van der Waals surface area (Å²) in [4.78, 5) is 16.7. The van der Waals surface area contributed by atoms with Gasteiger partial charge in [0.2, 0.25) is 5.17 Å². The van der Waals surface area contributed by atoms with Crippen molar-refractivity contribution in [2.45, 2.75) is 34.1 Å². The number of amides is 1. The monoisotopic (exact) mass is 421 g/mol. The van der Waals surface area contributed by atoms with Crippen molar-refractivity contribution in [3.63, 3.8) is 0 Å². The largest absolute Gasteiger partial charge is 0.494 e. The van der Waals surface area contributed by atoms with Crippen molar-refractivity contribution in [2.75, 3.05) is 6.61 Å². The molecule has 0 saturated carbocycles. The molecule has 7 nitrogen and oxygen atoms in total. The van der Waals surface area contributed by atoms with E-state index in [0.29, 0.717) is 11.8 Å². The number of thioether (sulfide) groups is 1. The molecule has 30 heavy (non-hydrogen) atoms. The minimum Gasteiger partial charge on any atom is -0.494 e. The van der Waals surface area contributed by atoms with Gasteiger partial charge in [-0.1, -0.05) is 6.92 Å². The Morgan fingerprint density at radius 3 is 2.60 bits per heavy atom. The molecule has 154 valence electrons. The Hall–Kier alpha value is -3.13. The Labute approximate surface area is 179 Å². The van der Waals surface area contributed by atoms with E-state index in [1.165, 1.54) is 16.8 Å². The SMILES string of the molecule is CCOc1ccc(-n2c(C)cc(/C=C3/C(=N)N4N=C(CC)SC4=NC3=O)c2C)cc1. The van der Waals surface area contributed by atoms with Crippen LogP contribution in [0.3, 0.4) is 0 Å². The van der Waals surface area contributed by atoms with Crippen molar-refractivity contribution >= 4 is 39.8 Å². The smallest absolute Gasteiger partial charge is 0.283 e. The fourth-order valence-corrected chi connectivity index (χ4v) is 4.34. The van der Waals surface area contributed by atoms with Crippen molar-refractivity contribution in [3.05, 3.63) is 52.9 Å². The first-order valence-corrected chi connectivity index (χ1v) is 10.7. The third-order valence-electron chi connectivity index (χ3n) is 4.97. The summed E-state index contributed by atoms with van der Waals surface area (Å²) in [6.45, 7) is 8.59. The van der Waals surface area contributed by atoms with E-state index in [1.807, 2.05) is 58.0 Å². The molecule has 2 aliphatic heterocycles. The minimum absolute atomic E-state index is 0.0619. The predicted molar refractivity (Wildman–Crippen MR) is 122 cm³/mol. The highest BCUT2D eigenvalue weighted by molar-refractivity contribution is 8.26. The Bertz CT molecular complexity index is 1130. The van der Waals surface area contributed by atoms with Gasteiger partial charge in [-0.2, -0.15) is 15.1 Å². The summed E-state index contributed by atoms with van der Waals surface area (Å²) >= 11 is 1.34. The van der Waals surface area contributed by atoms with Crippen molar-refractivity contribution < 1.29 is 9.53 Å². The molecule has 8 heteroatoms. The molecular formula is C22H23N5O2S. The van der Waals surface area contributed by atoms with E-state index in [0.717, 1.165) is 39.9 Å². The van der Waals surface area contributed by atoms with Crippen LogP contribution in [0, 0.1) is 19.3 Å². The molecule has 0 radical (unpaired) electrons. The number of hydrazone groups is 1. The van der Waals surface area contributed by atoms with Gasteiger partial charge >= 0.3 is 0 Å². The molecule has 0 saturated heterocycles. The number of ether oxygens (including phenoxy) is 1. The lowest BCUT2D eigenvalue weighted by molar-refractivity contribution is -0.114. The molecular weight excluding hydrogens is 398 g/mol. The molecule has 0 aliphatic carbocycles. The van der Waals surface area contributed by atoms with Gasteiger partial charge < -0.3 is 9.30 Å². The fraction of sp³-hybridized carbons (Fsp3) is 0.273. The fourth-order valence-electron chi connectivity index (χ4n) is 3.52. The Balaban J connectivity index is 1.70. The number of hydrogen-bond acceptors (Lipinski definition) is 5. The second kappa shape index (κ2) is 7.95. The Kier molecular flexibility index (Phi) is 5.34. The normalized spacial score (nSPS) is 17.3. The lowest BCUT2D eigenvalue weighted by Crippen LogP contribution is -2.35. The van der Waals surface area contributed by atoms with Crippen molar-refractivity contribution in [1.29, 1.82) is 5.41 Å². The van der Waals surface area contributed by atoms with E-state index in [-0.39, 0.29) is 11.4 Å². The molecule has 0 atom stereocenters. The predicted octanol–water partition coefficient (Wildman–Crippen LogP) is 4.52. The van der Waals surface area contributed by atoms with Gasteiger partial charge in [-0.25, -0.2) is 0 Å². The van der Waals surface area contributed by atoms with Gasteiger partial charge in [-0.15, -0.1) is 0 Å². The molecule has 1 amide bonds. The summed E-state index contributed by atoms with van der Waals surface area (Å²) in [5.41, 5.74) is 4.14. The van der Waals surface area contributed by atoms with Gasteiger partial charge in [0.05, 0.1) is 12.2 Å². The van der Waals surface area contributed by atoms with E-state index >= 15 is 0 Å². The molecule has 2 aliphatic rings.